The molecule has 1 amide bonds. The van der Waals surface area contributed by atoms with Crippen molar-refractivity contribution in [3.63, 3.8) is 0 Å². The molecule has 76 valence electrons. The number of hydrogen-bond donors (Lipinski definition) is 3. The van der Waals surface area contributed by atoms with Gasteiger partial charge in [-0.25, -0.2) is 0 Å². The number of nitrogens with one attached hydrogen (secondary N) is 1. The van der Waals surface area contributed by atoms with Gasteiger partial charge in [0.2, 0.25) is 5.91 Å². The van der Waals surface area contributed by atoms with Gasteiger partial charge in [0.15, 0.2) is 0 Å². The first-order valence-electron chi connectivity index (χ1n) is 4.69. The quantitative estimate of drug-likeness (QED) is 0.559. The summed E-state index contributed by atoms with van der Waals surface area (Å²) in [5, 5.41) is 11.4. The van der Waals surface area contributed by atoms with E-state index >= 15 is 0 Å². The molecule has 1 rings (SSSR count). The topological polar surface area (TPSA) is 75.3 Å². The summed E-state index contributed by atoms with van der Waals surface area (Å²) in [5.74, 6) is 0.162. The summed E-state index contributed by atoms with van der Waals surface area (Å²) in [7, 11) is 0. The fraction of sp³-hybridized carbons (Fsp3) is 0.889. The van der Waals surface area contributed by atoms with Crippen LogP contribution in [-0.4, -0.2) is 29.2 Å². The molecular formula is C9H18N2O2. The molecular weight excluding hydrogens is 168 g/mol. The summed E-state index contributed by atoms with van der Waals surface area (Å²) in [6.45, 7) is 3.46. The van der Waals surface area contributed by atoms with Gasteiger partial charge >= 0.3 is 0 Å². The Morgan fingerprint density at radius 2 is 2.31 bits per heavy atom. The molecule has 0 spiro atoms. The van der Waals surface area contributed by atoms with Gasteiger partial charge in [-0.3, -0.25) is 4.79 Å². The van der Waals surface area contributed by atoms with Gasteiger partial charge in [-0.05, 0) is 32.6 Å². The van der Waals surface area contributed by atoms with Crippen LogP contribution >= 0.6 is 0 Å². The highest BCUT2D eigenvalue weighted by Gasteiger charge is 2.44. The molecule has 1 saturated carbocycles. The number of amides is 1. The van der Waals surface area contributed by atoms with E-state index in [0.717, 1.165) is 12.8 Å². The lowest BCUT2D eigenvalue weighted by Crippen LogP contribution is -2.55. The zero-order chi connectivity index (χ0) is 10.1. The molecule has 4 nitrogen and oxygen atoms in total. The first-order valence-corrected chi connectivity index (χ1v) is 4.69. The number of aliphatic hydroxyl groups excluding tert-OH is 1. The van der Waals surface area contributed by atoms with Gasteiger partial charge in [-0.2, -0.15) is 0 Å². The summed E-state index contributed by atoms with van der Waals surface area (Å²) < 4.78 is 0. The van der Waals surface area contributed by atoms with Crippen molar-refractivity contribution in [2.75, 3.05) is 6.61 Å². The Kier molecular flexibility index (Phi) is 2.93. The van der Waals surface area contributed by atoms with E-state index < -0.39 is 5.54 Å². The van der Waals surface area contributed by atoms with Gasteiger partial charge in [0.05, 0.1) is 12.1 Å². The van der Waals surface area contributed by atoms with E-state index in [0.29, 0.717) is 5.92 Å². The molecule has 4 N–H and O–H groups in total. The minimum atomic E-state index is -0.760. The number of hydrogen-bond acceptors (Lipinski definition) is 3. The van der Waals surface area contributed by atoms with Crippen LogP contribution in [0.25, 0.3) is 0 Å². The molecule has 1 fully saturated rings. The number of nitrogens with two attached hydrogens (primary N) is 1. The van der Waals surface area contributed by atoms with Gasteiger partial charge in [0.1, 0.15) is 0 Å². The average Bonchev–Trinajstić information content (AvgIpc) is 2.86. The Bertz CT molecular complexity index is 200. The van der Waals surface area contributed by atoms with Crippen LogP contribution in [0.5, 0.6) is 0 Å². The first-order chi connectivity index (χ1) is 5.98. The van der Waals surface area contributed by atoms with E-state index in [1.807, 2.05) is 0 Å². The third-order valence-corrected chi connectivity index (χ3v) is 2.57. The molecule has 0 bridgehead atoms. The second kappa shape index (κ2) is 3.64. The third kappa shape index (κ3) is 2.42. The minimum absolute atomic E-state index is 0.0491. The van der Waals surface area contributed by atoms with Crippen molar-refractivity contribution in [2.24, 2.45) is 11.7 Å². The normalized spacial score (nSPS) is 23.4. The zero-order valence-electron chi connectivity index (χ0n) is 8.21. The van der Waals surface area contributed by atoms with Crippen LogP contribution in [0, 0.1) is 5.92 Å². The minimum Gasteiger partial charge on any atom is -0.394 e. The maximum absolute atomic E-state index is 11.6. The number of rotatable bonds is 4. The molecule has 0 heterocycles. The first kappa shape index (κ1) is 10.5. The molecule has 1 aliphatic carbocycles. The molecule has 1 aliphatic rings. The fourth-order valence-corrected chi connectivity index (χ4v) is 1.29. The lowest BCUT2D eigenvalue weighted by atomic mass is 9.96. The lowest BCUT2D eigenvalue weighted by Gasteiger charge is -2.25. The second-order valence-corrected chi connectivity index (χ2v) is 4.11. The second-order valence-electron chi connectivity index (χ2n) is 4.11. The SMILES string of the molecule is CC(CO)NC(=O)C(C)(N)C1CC1. The van der Waals surface area contributed by atoms with Gasteiger partial charge in [0, 0.05) is 6.04 Å². The van der Waals surface area contributed by atoms with Crippen molar-refractivity contribution >= 4 is 5.91 Å². The Morgan fingerprint density at radius 3 is 2.69 bits per heavy atom. The van der Waals surface area contributed by atoms with Crippen LogP contribution < -0.4 is 11.1 Å². The maximum Gasteiger partial charge on any atom is 0.240 e. The van der Waals surface area contributed by atoms with E-state index in [1.54, 1.807) is 13.8 Å². The summed E-state index contributed by atoms with van der Waals surface area (Å²) in [6.07, 6.45) is 2.07. The predicted octanol–water partition coefficient (Wildman–Crippen LogP) is -0.389. The highest BCUT2D eigenvalue weighted by atomic mass is 16.3. The Labute approximate surface area is 78.5 Å². The van der Waals surface area contributed by atoms with Crippen molar-refractivity contribution in [1.29, 1.82) is 0 Å². The predicted molar refractivity (Wildman–Crippen MR) is 50.0 cm³/mol. The highest BCUT2D eigenvalue weighted by molar-refractivity contribution is 5.86. The number of aliphatic hydroxyl groups is 1. The molecule has 0 aromatic carbocycles. The lowest BCUT2D eigenvalue weighted by molar-refractivity contribution is -0.127. The van der Waals surface area contributed by atoms with Gasteiger partial charge in [-0.15, -0.1) is 0 Å². The van der Waals surface area contributed by atoms with Crippen molar-refractivity contribution < 1.29 is 9.90 Å². The molecule has 13 heavy (non-hydrogen) atoms. The smallest absolute Gasteiger partial charge is 0.240 e. The van der Waals surface area contributed by atoms with Crippen LogP contribution in [0.15, 0.2) is 0 Å². The van der Waals surface area contributed by atoms with E-state index in [-0.39, 0.29) is 18.6 Å². The van der Waals surface area contributed by atoms with Crippen molar-refractivity contribution in [2.45, 2.75) is 38.3 Å². The molecule has 0 aliphatic heterocycles. The molecule has 0 radical (unpaired) electrons. The summed E-state index contributed by atoms with van der Waals surface area (Å²) >= 11 is 0. The van der Waals surface area contributed by atoms with E-state index in [1.165, 1.54) is 0 Å². The summed E-state index contributed by atoms with van der Waals surface area (Å²) in [4.78, 5) is 11.6. The zero-order valence-corrected chi connectivity index (χ0v) is 8.21. The monoisotopic (exact) mass is 186 g/mol. The van der Waals surface area contributed by atoms with E-state index in [2.05, 4.69) is 5.32 Å². The van der Waals surface area contributed by atoms with Gasteiger partial charge in [-0.1, -0.05) is 0 Å². The van der Waals surface area contributed by atoms with Crippen molar-refractivity contribution in [3.8, 4) is 0 Å². The Morgan fingerprint density at radius 1 is 1.77 bits per heavy atom. The summed E-state index contributed by atoms with van der Waals surface area (Å²) in [6, 6.07) is -0.214. The van der Waals surface area contributed by atoms with Crippen LogP contribution in [0.4, 0.5) is 0 Å². The van der Waals surface area contributed by atoms with Crippen molar-refractivity contribution in [1.82, 2.24) is 5.32 Å². The number of carbonyl (C=O) groups is 1. The average molecular weight is 186 g/mol. The van der Waals surface area contributed by atoms with Crippen LogP contribution in [0.1, 0.15) is 26.7 Å². The molecule has 0 aromatic rings. The molecule has 4 heteroatoms. The fourth-order valence-electron chi connectivity index (χ4n) is 1.29. The van der Waals surface area contributed by atoms with E-state index in [9.17, 15) is 4.79 Å². The van der Waals surface area contributed by atoms with Crippen LogP contribution in [0.2, 0.25) is 0 Å². The summed E-state index contributed by atoms with van der Waals surface area (Å²) in [5.41, 5.74) is 5.11. The largest absolute Gasteiger partial charge is 0.394 e. The van der Waals surface area contributed by atoms with Gasteiger partial charge < -0.3 is 16.2 Å². The standard InChI is InChI=1S/C9H18N2O2/c1-6(5-12)11-8(13)9(2,10)7-3-4-7/h6-7,12H,3-5,10H2,1-2H3,(H,11,13). The van der Waals surface area contributed by atoms with Gasteiger partial charge in [0.25, 0.3) is 0 Å². The molecule has 0 aromatic heterocycles. The van der Waals surface area contributed by atoms with Crippen LogP contribution in [-0.2, 0) is 4.79 Å². The third-order valence-electron chi connectivity index (χ3n) is 2.57. The Balaban J connectivity index is 2.45. The Hall–Kier alpha value is -0.610. The maximum atomic E-state index is 11.6. The molecule has 2 atom stereocenters. The van der Waals surface area contributed by atoms with Crippen molar-refractivity contribution in [3.05, 3.63) is 0 Å². The highest BCUT2D eigenvalue weighted by Crippen LogP contribution is 2.38. The molecule has 0 saturated heterocycles. The van der Waals surface area contributed by atoms with Crippen LogP contribution in [0.3, 0.4) is 0 Å². The molecule has 2 unspecified atom stereocenters. The van der Waals surface area contributed by atoms with E-state index in [4.69, 9.17) is 10.8 Å². The number of carbonyl (C=O) groups excluding carboxylic acids is 1.